The summed E-state index contributed by atoms with van der Waals surface area (Å²) in [6, 6.07) is 7.18. The Bertz CT molecular complexity index is 460. The lowest BCUT2D eigenvalue weighted by molar-refractivity contribution is 0.276. The molecule has 0 fully saturated rings. The van der Waals surface area contributed by atoms with Crippen molar-refractivity contribution in [2.24, 2.45) is 0 Å². The highest BCUT2D eigenvalue weighted by Crippen LogP contribution is 2.15. The van der Waals surface area contributed by atoms with E-state index in [0.717, 1.165) is 5.56 Å². The first-order valence-corrected chi connectivity index (χ1v) is 6.82. The van der Waals surface area contributed by atoms with Gasteiger partial charge in [-0.1, -0.05) is 18.2 Å². The van der Waals surface area contributed by atoms with Crippen molar-refractivity contribution < 1.29 is 13.5 Å². The molecule has 0 heterocycles. The zero-order chi connectivity index (χ0) is 12.9. The molecule has 1 aromatic rings. The van der Waals surface area contributed by atoms with Gasteiger partial charge in [-0.15, -0.1) is 0 Å². The lowest BCUT2D eigenvalue weighted by Crippen LogP contribution is -2.33. The number of para-hydroxylation sites is 1. The van der Waals surface area contributed by atoms with Gasteiger partial charge in [0.2, 0.25) is 0 Å². The number of aliphatic hydroxyl groups excluding tert-OH is 1. The maximum atomic E-state index is 11.9. The number of hydrogen-bond acceptors (Lipinski definition) is 3. The Morgan fingerprint density at radius 3 is 2.59 bits per heavy atom. The van der Waals surface area contributed by atoms with Crippen molar-refractivity contribution in [2.45, 2.75) is 13.3 Å². The molecule has 0 bridgehead atoms. The summed E-state index contributed by atoms with van der Waals surface area (Å²) in [5.74, 6) is 0. The molecule has 0 radical (unpaired) electrons. The molecule has 6 heteroatoms. The fourth-order valence-corrected chi connectivity index (χ4v) is 2.35. The number of benzene rings is 1. The summed E-state index contributed by atoms with van der Waals surface area (Å²) in [5.41, 5.74) is 1.44. The van der Waals surface area contributed by atoms with Crippen LogP contribution in [0.5, 0.6) is 0 Å². The lowest BCUT2D eigenvalue weighted by Gasteiger charge is -2.18. The molecule has 0 unspecified atom stereocenters. The summed E-state index contributed by atoms with van der Waals surface area (Å²) < 4.78 is 27.5. The van der Waals surface area contributed by atoms with E-state index in [1.807, 2.05) is 19.1 Å². The number of hydrogen-bond donors (Lipinski definition) is 2. The van der Waals surface area contributed by atoms with Gasteiger partial charge in [0.1, 0.15) is 0 Å². The van der Waals surface area contributed by atoms with Gasteiger partial charge in [-0.2, -0.15) is 12.7 Å². The maximum absolute atomic E-state index is 11.9. The molecule has 1 rings (SSSR count). The third-order valence-corrected chi connectivity index (χ3v) is 3.91. The van der Waals surface area contributed by atoms with Crippen LogP contribution in [0, 0.1) is 6.92 Å². The third-order valence-electron chi connectivity index (χ3n) is 2.43. The number of rotatable bonds is 6. The number of anilines is 1. The van der Waals surface area contributed by atoms with Crippen LogP contribution in [0.25, 0.3) is 0 Å². The van der Waals surface area contributed by atoms with Crippen LogP contribution in [0.15, 0.2) is 24.3 Å². The SMILES string of the molecule is Cc1ccccc1NS(=O)(=O)N(C)CCCO. The van der Waals surface area contributed by atoms with Gasteiger partial charge in [0.15, 0.2) is 0 Å². The van der Waals surface area contributed by atoms with Crippen molar-refractivity contribution in [3.05, 3.63) is 29.8 Å². The van der Waals surface area contributed by atoms with Gasteiger partial charge in [-0.3, -0.25) is 4.72 Å². The fourth-order valence-electron chi connectivity index (χ4n) is 1.32. The molecule has 0 aliphatic rings. The minimum atomic E-state index is -3.54. The molecular weight excluding hydrogens is 240 g/mol. The second-order valence-corrected chi connectivity index (χ2v) is 5.60. The van der Waals surface area contributed by atoms with Gasteiger partial charge in [0, 0.05) is 20.2 Å². The van der Waals surface area contributed by atoms with E-state index < -0.39 is 10.2 Å². The molecule has 2 N–H and O–H groups in total. The molecule has 17 heavy (non-hydrogen) atoms. The Labute approximate surface area is 102 Å². The molecule has 0 spiro atoms. The molecule has 0 amide bonds. The summed E-state index contributed by atoms with van der Waals surface area (Å²) in [6.07, 6.45) is 0.422. The Morgan fingerprint density at radius 1 is 1.35 bits per heavy atom. The van der Waals surface area contributed by atoms with Crippen molar-refractivity contribution in [1.82, 2.24) is 4.31 Å². The number of aryl methyl sites for hydroxylation is 1. The summed E-state index contributed by atoms with van der Waals surface area (Å²) in [7, 11) is -2.05. The number of aliphatic hydroxyl groups is 1. The van der Waals surface area contributed by atoms with Gasteiger partial charge >= 0.3 is 10.2 Å². The molecule has 96 valence electrons. The van der Waals surface area contributed by atoms with Crippen molar-refractivity contribution in [2.75, 3.05) is 24.9 Å². The first kappa shape index (κ1) is 14.0. The van der Waals surface area contributed by atoms with E-state index in [2.05, 4.69) is 4.72 Å². The van der Waals surface area contributed by atoms with E-state index in [9.17, 15) is 8.42 Å². The standard InChI is InChI=1S/C11H18N2O3S/c1-10-6-3-4-7-11(10)12-17(15,16)13(2)8-5-9-14/h3-4,6-7,12,14H,5,8-9H2,1-2H3. The molecule has 0 aliphatic carbocycles. The molecule has 5 nitrogen and oxygen atoms in total. The Morgan fingerprint density at radius 2 is 2.00 bits per heavy atom. The molecule has 0 aromatic heterocycles. The van der Waals surface area contributed by atoms with Crippen LogP contribution in [-0.2, 0) is 10.2 Å². The second kappa shape index (κ2) is 6.00. The summed E-state index contributed by atoms with van der Waals surface area (Å²) in [6.45, 7) is 2.10. The van der Waals surface area contributed by atoms with Gasteiger partial charge < -0.3 is 5.11 Å². The van der Waals surface area contributed by atoms with E-state index in [0.29, 0.717) is 12.1 Å². The van der Waals surface area contributed by atoms with Gasteiger partial charge in [0.25, 0.3) is 0 Å². The topological polar surface area (TPSA) is 69.6 Å². The largest absolute Gasteiger partial charge is 0.396 e. The molecule has 1 aromatic carbocycles. The van der Waals surface area contributed by atoms with Crippen molar-refractivity contribution in [3.63, 3.8) is 0 Å². The number of nitrogens with zero attached hydrogens (tertiary/aromatic N) is 1. The minimum Gasteiger partial charge on any atom is -0.396 e. The van der Waals surface area contributed by atoms with E-state index in [1.165, 1.54) is 11.4 Å². The molecular formula is C11H18N2O3S. The maximum Gasteiger partial charge on any atom is 0.301 e. The molecule has 0 saturated carbocycles. The normalized spacial score (nSPS) is 11.8. The smallest absolute Gasteiger partial charge is 0.301 e. The Balaban J connectivity index is 2.76. The highest BCUT2D eigenvalue weighted by atomic mass is 32.2. The highest BCUT2D eigenvalue weighted by Gasteiger charge is 2.17. The summed E-state index contributed by atoms with van der Waals surface area (Å²) >= 11 is 0. The Hall–Kier alpha value is -1.11. The molecule has 0 aliphatic heterocycles. The van der Waals surface area contributed by atoms with Crippen LogP contribution < -0.4 is 4.72 Å². The van der Waals surface area contributed by atoms with Crippen LogP contribution in [0.1, 0.15) is 12.0 Å². The zero-order valence-corrected chi connectivity index (χ0v) is 10.9. The van der Waals surface area contributed by atoms with Crippen LogP contribution in [0.2, 0.25) is 0 Å². The second-order valence-electron chi connectivity index (χ2n) is 3.82. The first-order valence-electron chi connectivity index (χ1n) is 5.38. The monoisotopic (exact) mass is 258 g/mol. The average molecular weight is 258 g/mol. The average Bonchev–Trinajstić information content (AvgIpc) is 2.28. The van der Waals surface area contributed by atoms with Crippen LogP contribution in [0.4, 0.5) is 5.69 Å². The summed E-state index contributed by atoms with van der Waals surface area (Å²) in [4.78, 5) is 0. The van der Waals surface area contributed by atoms with E-state index in [-0.39, 0.29) is 13.2 Å². The quantitative estimate of drug-likeness (QED) is 0.798. The third kappa shape index (κ3) is 3.99. The molecule has 0 saturated heterocycles. The minimum absolute atomic E-state index is 0.0236. The number of nitrogens with one attached hydrogen (secondary N) is 1. The predicted molar refractivity (Wildman–Crippen MR) is 68.1 cm³/mol. The Kier molecular flexibility index (Phi) is 4.92. The first-order chi connectivity index (χ1) is 7.97. The van der Waals surface area contributed by atoms with Crippen molar-refractivity contribution in [1.29, 1.82) is 0 Å². The summed E-state index contributed by atoms with van der Waals surface area (Å²) in [5, 5.41) is 8.67. The lowest BCUT2D eigenvalue weighted by atomic mass is 10.2. The highest BCUT2D eigenvalue weighted by molar-refractivity contribution is 7.90. The van der Waals surface area contributed by atoms with Crippen LogP contribution in [-0.4, -0.2) is 38.0 Å². The predicted octanol–water partition coefficient (Wildman–Crippen LogP) is 0.966. The van der Waals surface area contributed by atoms with E-state index in [1.54, 1.807) is 12.1 Å². The van der Waals surface area contributed by atoms with Gasteiger partial charge in [-0.25, -0.2) is 0 Å². The van der Waals surface area contributed by atoms with E-state index >= 15 is 0 Å². The van der Waals surface area contributed by atoms with Gasteiger partial charge in [0.05, 0.1) is 5.69 Å². The van der Waals surface area contributed by atoms with Crippen LogP contribution >= 0.6 is 0 Å². The van der Waals surface area contributed by atoms with E-state index in [4.69, 9.17) is 5.11 Å². The zero-order valence-electron chi connectivity index (χ0n) is 10.0. The fraction of sp³-hybridized carbons (Fsp3) is 0.455. The van der Waals surface area contributed by atoms with Crippen LogP contribution in [0.3, 0.4) is 0 Å². The molecule has 0 atom stereocenters. The van der Waals surface area contributed by atoms with Gasteiger partial charge in [-0.05, 0) is 25.0 Å². The van der Waals surface area contributed by atoms with Crippen molar-refractivity contribution >= 4 is 15.9 Å². The van der Waals surface area contributed by atoms with Crippen molar-refractivity contribution in [3.8, 4) is 0 Å².